The molecule has 0 bridgehead atoms. The van der Waals surface area contributed by atoms with E-state index < -0.39 is 0 Å². The lowest BCUT2D eigenvalue weighted by molar-refractivity contribution is 0.102. The number of rotatable bonds is 5. The van der Waals surface area contributed by atoms with Gasteiger partial charge in [0.2, 0.25) is 0 Å². The molecule has 1 aromatic carbocycles. The highest BCUT2D eigenvalue weighted by Gasteiger charge is 2.07. The fourth-order valence-corrected chi connectivity index (χ4v) is 2.25. The maximum absolute atomic E-state index is 12.0. The molecule has 1 aromatic heterocycles. The van der Waals surface area contributed by atoms with Crippen molar-refractivity contribution in [2.24, 2.45) is 0 Å². The lowest BCUT2D eigenvalue weighted by Crippen LogP contribution is -2.11. The summed E-state index contributed by atoms with van der Waals surface area (Å²) in [5.74, 6) is -0.128. The molecule has 2 aromatic rings. The number of thiazole rings is 1. The molecule has 0 unspecified atom stereocenters. The first-order chi connectivity index (χ1) is 9.19. The molecular weight excluding hydrogens is 258 g/mol. The number of benzene rings is 1. The van der Waals surface area contributed by atoms with Crippen LogP contribution in [-0.2, 0) is 0 Å². The monoisotopic (exact) mass is 275 g/mol. The van der Waals surface area contributed by atoms with E-state index in [1.54, 1.807) is 6.20 Å². The summed E-state index contributed by atoms with van der Waals surface area (Å²) in [6.07, 6.45) is 2.82. The predicted molar refractivity (Wildman–Crippen MR) is 80.0 cm³/mol. The molecule has 19 heavy (non-hydrogen) atoms. The number of hydrogen-bond acceptors (Lipinski definition) is 4. The topological polar surface area (TPSA) is 54.0 Å². The van der Waals surface area contributed by atoms with E-state index in [2.05, 4.69) is 22.5 Å². The van der Waals surface area contributed by atoms with Crippen LogP contribution in [0.3, 0.4) is 0 Å². The summed E-state index contributed by atoms with van der Waals surface area (Å²) in [5.41, 5.74) is 1.67. The van der Waals surface area contributed by atoms with E-state index in [0.717, 1.165) is 23.5 Å². The molecule has 100 valence electrons. The van der Waals surface area contributed by atoms with Crippen LogP contribution in [0.4, 0.5) is 10.8 Å². The quantitative estimate of drug-likeness (QED) is 0.877. The second kappa shape index (κ2) is 6.33. The smallest absolute Gasteiger partial charge is 0.257 e. The molecule has 0 fully saturated rings. The van der Waals surface area contributed by atoms with E-state index >= 15 is 0 Å². The van der Waals surface area contributed by atoms with Gasteiger partial charge in [-0.1, -0.05) is 6.92 Å². The van der Waals surface area contributed by atoms with Crippen LogP contribution in [0.1, 0.15) is 28.6 Å². The van der Waals surface area contributed by atoms with Gasteiger partial charge in [0.15, 0.2) is 5.13 Å². The number of carbonyl (C=O) groups excluding carboxylic acids is 1. The van der Waals surface area contributed by atoms with Gasteiger partial charge in [0.1, 0.15) is 0 Å². The van der Waals surface area contributed by atoms with Gasteiger partial charge in [-0.15, -0.1) is 11.3 Å². The van der Waals surface area contributed by atoms with Crippen LogP contribution in [0, 0.1) is 6.92 Å². The molecule has 0 aliphatic heterocycles. The van der Waals surface area contributed by atoms with Crippen molar-refractivity contribution >= 4 is 28.1 Å². The summed E-state index contributed by atoms with van der Waals surface area (Å²) in [6, 6.07) is 7.46. The lowest BCUT2D eigenvalue weighted by Gasteiger charge is -2.06. The molecule has 2 N–H and O–H groups in total. The summed E-state index contributed by atoms with van der Waals surface area (Å²) in [7, 11) is 0. The summed E-state index contributed by atoms with van der Waals surface area (Å²) in [4.78, 5) is 17.2. The first-order valence-electron chi connectivity index (χ1n) is 6.26. The van der Waals surface area contributed by atoms with Crippen molar-refractivity contribution in [1.82, 2.24) is 4.98 Å². The Kier molecular flexibility index (Phi) is 4.52. The number of hydrogen-bond donors (Lipinski definition) is 2. The third-order valence-electron chi connectivity index (χ3n) is 2.57. The zero-order valence-electron chi connectivity index (χ0n) is 11.1. The first kappa shape index (κ1) is 13.5. The van der Waals surface area contributed by atoms with Crippen molar-refractivity contribution in [3.8, 4) is 0 Å². The number of amides is 1. The Balaban J connectivity index is 1.99. The molecule has 1 amide bonds. The minimum atomic E-state index is -0.128. The molecule has 0 radical (unpaired) electrons. The van der Waals surface area contributed by atoms with Crippen LogP contribution in [0.2, 0.25) is 0 Å². The summed E-state index contributed by atoms with van der Waals surface area (Å²) in [6.45, 7) is 5.01. The Morgan fingerprint density at radius 2 is 2.05 bits per heavy atom. The van der Waals surface area contributed by atoms with Gasteiger partial charge in [-0.2, -0.15) is 0 Å². The Morgan fingerprint density at radius 3 is 2.63 bits per heavy atom. The second-order valence-electron chi connectivity index (χ2n) is 4.23. The number of carbonyl (C=O) groups is 1. The van der Waals surface area contributed by atoms with Gasteiger partial charge >= 0.3 is 0 Å². The van der Waals surface area contributed by atoms with E-state index in [9.17, 15) is 4.79 Å². The van der Waals surface area contributed by atoms with Crippen molar-refractivity contribution in [3.05, 3.63) is 40.9 Å². The number of nitrogens with zero attached hydrogens (tertiary/aromatic N) is 1. The van der Waals surface area contributed by atoms with Gasteiger partial charge in [0.25, 0.3) is 5.91 Å². The van der Waals surface area contributed by atoms with Crippen LogP contribution >= 0.6 is 11.3 Å². The Labute approximate surface area is 116 Å². The second-order valence-corrected chi connectivity index (χ2v) is 5.47. The zero-order valence-corrected chi connectivity index (χ0v) is 11.9. The molecule has 4 nitrogen and oxygen atoms in total. The van der Waals surface area contributed by atoms with E-state index in [4.69, 9.17) is 0 Å². The van der Waals surface area contributed by atoms with E-state index in [0.29, 0.717) is 10.7 Å². The van der Waals surface area contributed by atoms with Crippen molar-refractivity contribution in [3.63, 3.8) is 0 Å². The molecule has 5 heteroatoms. The summed E-state index contributed by atoms with van der Waals surface area (Å²) >= 11 is 1.47. The lowest BCUT2D eigenvalue weighted by atomic mass is 10.2. The van der Waals surface area contributed by atoms with Gasteiger partial charge in [-0.25, -0.2) is 4.98 Å². The number of aromatic nitrogens is 1. The SMILES string of the molecule is CCCNc1ccc(C(=O)Nc2ncc(C)s2)cc1. The van der Waals surface area contributed by atoms with Gasteiger partial charge in [-0.05, 0) is 37.6 Å². The van der Waals surface area contributed by atoms with Crippen LogP contribution in [0.5, 0.6) is 0 Å². The zero-order chi connectivity index (χ0) is 13.7. The standard InChI is InChI=1S/C14H17N3OS/c1-3-8-15-12-6-4-11(5-7-12)13(18)17-14-16-9-10(2)19-14/h4-7,9,15H,3,8H2,1-2H3,(H,16,17,18). The predicted octanol–water partition coefficient (Wildman–Crippen LogP) is 3.53. The van der Waals surface area contributed by atoms with Gasteiger partial charge in [0.05, 0.1) is 0 Å². The van der Waals surface area contributed by atoms with E-state index in [1.807, 2.05) is 31.2 Å². The summed E-state index contributed by atoms with van der Waals surface area (Å²) in [5, 5.41) is 6.70. The van der Waals surface area contributed by atoms with Gasteiger partial charge in [0, 0.05) is 28.9 Å². The number of aryl methyl sites for hydroxylation is 1. The normalized spacial score (nSPS) is 10.2. The molecule has 1 heterocycles. The van der Waals surface area contributed by atoms with Crippen LogP contribution < -0.4 is 10.6 Å². The molecule has 0 saturated heterocycles. The van der Waals surface area contributed by atoms with Gasteiger partial charge < -0.3 is 5.32 Å². The largest absolute Gasteiger partial charge is 0.385 e. The van der Waals surface area contributed by atoms with Gasteiger partial charge in [-0.3, -0.25) is 10.1 Å². The minimum Gasteiger partial charge on any atom is -0.385 e. The van der Waals surface area contributed by atoms with Crippen molar-refractivity contribution in [1.29, 1.82) is 0 Å². The molecule has 0 atom stereocenters. The van der Waals surface area contributed by atoms with E-state index in [1.165, 1.54) is 11.3 Å². The molecule has 0 spiro atoms. The Morgan fingerprint density at radius 1 is 1.32 bits per heavy atom. The van der Waals surface area contributed by atoms with Crippen molar-refractivity contribution in [2.45, 2.75) is 20.3 Å². The maximum Gasteiger partial charge on any atom is 0.257 e. The first-order valence-corrected chi connectivity index (χ1v) is 7.08. The van der Waals surface area contributed by atoms with Crippen molar-refractivity contribution in [2.75, 3.05) is 17.2 Å². The third-order valence-corrected chi connectivity index (χ3v) is 3.40. The molecule has 0 saturated carbocycles. The third kappa shape index (κ3) is 3.79. The Bertz CT molecular complexity index is 548. The number of nitrogens with one attached hydrogen (secondary N) is 2. The molecular formula is C14H17N3OS. The highest BCUT2D eigenvalue weighted by Crippen LogP contribution is 2.18. The molecule has 0 aliphatic rings. The molecule has 0 aliphatic carbocycles. The van der Waals surface area contributed by atoms with Crippen LogP contribution in [0.25, 0.3) is 0 Å². The highest BCUT2D eigenvalue weighted by atomic mass is 32.1. The van der Waals surface area contributed by atoms with Crippen LogP contribution in [-0.4, -0.2) is 17.4 Å². The highest BCUT2D eigenvalue weighted by molar-refractivity contribution is 7.15. The van der Waals surface area contributed by atoms with Crippen molar-refractivity contribution < 1.29 is 4.79 Å². The number of anilines is 2. The molecule has 2 rings (SSSR count). The fraction of sp³-hybridized carbons (Fsp3) is 0.286. The Hall–Kier alpha value is -1.88. The average molecular weight is 275 g/mol. The summed E-state index contributed by atoms with van der Waals surface area (Å²) < 4.78 is 0. The average Bonchev–Trinajstić information content (AvgIpc) is 2.82. The fourth-order valence-electron chi connectivity index (χ4n) is 1.59. The maximum atomic E-state index is 12.0. The van der Waals surface area contributed by atoms with Crippen LogP contribution in [0.15, 0.2) is 30.5 Å². The minimum absolute atomic E-state index is 0.128. The van der Waals surface area contributed by atoms with E-state index in [-0.39, 0.29) is 5.91 Å².